The Morgan fingerprint density at radius 2 is 0.681 bits per heavy atom. The number of aryl methyl sites for hydroxylation is 1. The first-order valence-corrected chi connectivity index (χ1v) is 20.5. The van der Waals surface area contributed by atoms with Gasteiger partial charge in [0.1, 0.15) is 6.54 Å². The van der Waals surface area contributed by atoms with Gasteiger partial charge in [-0.2, -0.15) is 12.6 Å². The quantitative estimate of drug-likeness (QED) is 0.0444. The van der Waals surface area contributed by atoms with E-state index >= 15 is 0 Å². The maximum atomic E-state index is 2.43. The predicted octanol–water partition coefficient (Wildman–Crippen LogP) is 12.9. The number of aromatic nitrogens is 1. The lowest BCUT2D eigenvalue weighted by atomic mass is 9.15. The van der Waals surface area contributed by atoms with Crippen LogP contribution in [-0.2, 0) is 6.54 Å². The molecule has 0 amide bonds. The van der Waals surface area contributed by atoms with E-state index in [4.69, 9.17) is 0 Å². The summed E-state index contributed by atoms with van der Waals surface area (Å²) in [7, 11) is 0. The third-order valence-electron chi connectivity index (χ3n) is 10.5. The Bertz CT molecular complexity index is 986. The summed E-state index contributed by atoms with van der Waals surface area (Å²) in [6, 6.07) is 29.4. The van der Waals surface area contributed by atoms with Crippen LogP contribution in [0.4, 0.5) is 0 Å². The fraction of sp³-hybridized carbons (Fsp3) is 0.622. The van der Waals surface area contributed by atoms with Crippen LogP contribution < -0.4 is 15.5 Å². The maximum Gasteiger partial charge on any atom is 0.168 e. The van der Waals surface area contributed by atoms with Crippen LogP contribution in [0.2, 0.25) is 12.6 Å². The maximum absolute atomic E-state index is 2.43. The van der Waals surface area contributed by atoms with Gasteiger partial charge in [-0.05, 0) is 0 Å². The SMILES string of the molecule is CCCCCCCCCCCC[B-](CCCCCCCCCCCC)(c1ccccc1)c1ccccc1.CCCC[n+]1ccccc1. The van der Waals surface area contributed by atoms with Crippen LogP contribution >= 0.6 is 0 Å². The van der Waals surface area contributed by atoms with Crippen LogP contribution in [0, 0.1) is 0 Å². The standard InChI is InChI=1S/C36H60B.C9H14N/c1-3-5-7-9-11-13-15-17-19-27-33-37(35-29-23-21-24-30-35,36-31-25-22-26-32-36)34-28-20-18-16-14-12-10-8-6-4-2;1-2-3-7-10-8-5-4-6-9-10/h21-26,29-32H,3-20,27-28,33-34H2,1-2H3;4-6,8-9H,2-3,7H2,1H3/q-1;+1. The van der Waals surface area contributed by atoms with Gasteiger partial charge < -0.3 is 0 Å². The van der Waals surface area contributed by atoms with Crippen LogP contribution in [-0.4, -0.2) is 6.15 Å². The molecule has 47 heavy (non-hydrogen) atoms. The summed E-state index contributed by atoms with van der Waals surface area (Å²) in [5.74, 6) is 0. The first-order chi connectivity index (χ1) is 23.3. The van der Waals surface area contributed by atoms with Gasteiger partial charge in [-0.15, -0.1) is 0 Å². The van der Waals surface area contributed by atoms with Gasteiger partial charge in [-0.1, -0.05) is 222 Å². The molecule has 0 saturated carbocycles. The summed E-state index contributed by atoms with van der Waals surface area (Å²) in [6.07, 6.45) is 37.1. The molecule has 0 aliphatic carbocycles. The van der Waals surface area contributed by atoms with E-state index in [1.807, 2.05) is 6.07 Å². The second kappa shape index (κ2) is 28.6. The molecule has 0 aliphatic rings. The van der Waals surface area contributed by atoms with Crippen LogP contribution in [0.5, 0.6) is 0 Å². The van der Waals surface area contributed by atoms with E-state index in [9.17, 15) is 0 Å². The Hall–Kier alpha value is -2.35. The summed E-state index contributed by atoms with van der Waals surface area (Å²) in [4.78, 5) is 0. The van der Waals surface area contributed by atoms with E-state index in [-0.39, 0.29) is 0 Å². The lowest BCUT2D eigenvalue weighted by Gasteiger charge is -2.42. The molecule has 2 aromatic carbocycles. The third kappa shape index (κ3) is 18.7. The molecular formula is C45H74BN. The largest absolute Gasteiger partial charge is 0.205 e. The Balaban J connectivity index is 0.000000651. The van der Waals surface area contributed by atoms with E-state index in [0.717, 1.165) is 6.54 Å². The number of hydrogen-bond acceptors (Lipinski definition) is 0. The highest BCUT2D eigenvalue weighted by atomic mass is 14.9. The van der Waals surface area contributed by atoms with Gasteiger partial charge >= 0.3 is 0 Å². The van der Waals surface area contributed by atoms with Gasteiger partial charge in [0.15, 0.2) is 12.4 Å². The molecule has 0 aliphatic heterocycles. The van der Waals surface area contributed by atoms with Gasteiger partial charge in [0.05, 0.1) is 6.15 Å². The number of benzene rings is 2. The number of pyridine rings is 1. The number of hydrogen-bond donors (Lipinski definition) is 0. The smallest absolute Gasteiger partial charge is 0.168 e. The lowest BCUT2D eigenvalue weighted by molar-refractivity contribution is -0.697. The van der Waals surface area contributed by atoms with Crippen molar-refractivity contribution in [1.29, 1.82) is 0 Å². The highest BCUT2D eigenvalue weighted by molar-refractivity contribution is 7.02. The molecule has 2 heteroatoms. The zero-order chi connectivity index (χ0) is 33.5. The highest BCUT2D eigenvalue weighted by Gasteiger charge is 2.27. The van der Waals surface area contributed by atoms with Gasteiger partial charge in [-0.25, -0.2) is 15.5 Å². The number of nitrogens with zero attached hydrogens (tertiary/aromatic N) is 1. The minimum Gasteiger partial charge on any atom is -0.205 e. The van der Waals surface area contributed by atoms with Crippen molar-refractivity contribution in [3.63, 3.8) is 0 Å². The summed E-state index contributed by atoms with van der Waals surface area (Å²) in [5.41, 5.74) is 3.20. The summed E-state index contributed by atoms with van der Waals surface area (Å²) in [6.45, 7) is 7.98. The van der Waals surface area contributed by atoms with Gasteiger partial charge in [-0.3, -0.25) is 0 Å². The fourth-order valence-electron chi connectivity index (χ4n) is 7.53. The molecule has 3 rings (SSSR count). The van der Waals surface area contributed by atoms with Crippen molar-refractivity contribution in [3.05, 3.63) is 91.3 Å². The Morgan fingerprint density at radius 1 is 0.362 bits per heavy atom. The summed E-state index contributed by atoms with van der Waals surface area (Å²) >= 11 is 0. The third-order valence-corrected chi connectivity index (χ3v) is 10.5. The van der Waals surface area contributed by atoms with Gasteiger partial charge in [0, 0.05) is 18.6 Å². The Kier molecular flexibility index (Phi) is 24.9. The van der Waals surface area contributed by atoms with E-state index in [1.54, 1.807) is 10.9 Å². The normalized spacial score (nSPS) is 11.3. The summed E-state index contributed by atoms with van der Waals surface area (Å²) in [5, 5.41) is 0. The molecule has 0 radical (unpaired) electrons. The van der Waals surface area contributed by atoms with Crippen LogP contribution in [0.3, 0.4) is 0 Å². The first-order valence-electron chi connectivity index (χ1n) is 20.5. The van der Waals surface area contributed by atoms with Crippen molar-refractivity contribution in [2.24, 2.45) is 0 Å². The van der Waals surface area contributed by atoms with Gasteiger partial charge in [0.2, 0.25) is 0 Å². The molecule has 0 saturated heterocycles. The molecule has 1 heterocycles. The lowest BCUT2D eigenvalue weighted by Crippen LogP contribution is -2.58. The average molecular weight is 640 g/mol. The second-order valence-corrected chi connectivity index (χ2v) is 14.5. The monoisotopic (exact) mass is 640 g/mol. The summed E-state index contributed by atoms with van der Waals surface area (Å²) < 4.78 is 2.21. The molecular weight excluding hydrogens is 565 g/mol. The Morgan fingerprint density at radius 3 is 1.04 bits per heavy atom. The minimum atomic E-state index is -0.685. The molecule has 3 aromatic rings. The fourth-order valence-corrected chi connectivity index (χ4v) is 7.53. The van der Waals surface area contributed by atoms with Crippen molar-refractivity contribution >= 4 is 17.1 Å². The van der Waals surface area contributed by atoms with Crippen LogP contribution in [0.25, 0.3) is 0 Å². The zero-order valence-corrected chi connectivity index (χ0v) is 31.4. The van der Waals surface area contributed by atoms with Crippen molar-refractivity contribution < 1.29 is 4.57 Å². The molecule has 1 aromatic heterocycles. The van der Waals surface area contributed by atoms with E-state index in [2.05, 4.69) is 111 Å². The molecule has 0 fully saturated rings. The molecule has 0 spiro atoms. The topological polar surface area (TPSA) is 3.88 Å². The van der Waals surface area contributed by atoms with E-state index in [0.29, 0.717) is 0 Å². The van der Waals surface area contributed by atoms with E-state index in [1.165, 1.54) is 154 Å². The first kappa shape index (κ1) is 40.8. The van der Waals surface area contributed by atoms with E-state index < -0.39 is 6.15 Å². The van der Waals surface area contributed by atoms with Crippen molar-refractivity contribution in [1.82, 2.24) is 0 Å². The predicted molar refractivity (Wildman–Crippen MR) is 213 cm³/mol. The minimum absolute atomic E-state index is 0.685. The molecule has 0 bridgehead atoms. The highest BCUT2D eigenvalue weighted by Crippen LogP contribution is 2.25. The number of rotatable bonds is 27. The zero-order valence-electron chi connectivity index (χ0n) is 31.4. The molecule has 0 atom stereocenters. The molecule has 0 N–H and O–H groups in total. The molecule has 0 unspecified atom stereocenters. The van der Waals surface area contributed by atoms with Crippen LogP contribution in [0.15, 0.2) is 91.3 Å². The van der Waals surface area contributed by atoms with Crippen molar-refractivity contribution in [3.8, 4) is 0 Å². The van der Waals surface area contributed by atoms with Crippen molar-refractivity contribution in [2.75, 3.05) is 0 Å². The van der Waals surface area contributed by atoms with Crippen LogP contribution in [0.1, 0.15) is 162 Å². The number of unbranched alkanes of at least 4 members (excludes halogenated alkanes) is 19. The average Bonchev–Trinajstić information content (AvgIpc) is 3.13. The van der Waals surface area contributed by atoms with Gasteiger partial charge in [0.25, 0.3) is 0 Å². The molecule has 262 valence electrons. The van der Waals surface area contributed by atoms with Crippen molar-refractivity contribution in [2.45, 2.75) is 181 Å². The Labute approximate surface area is 293 Å². The second-order valence-electron chi connectivity index (χ2n) is 14.5. The molecule has 1 nitrogen and oxygen atoms in total.